The van der Waals surface area contributed by atoms with Crippen LogP contribution >= 0.6 is 0 Å². The van der Waals surface area contributed by atoms with Gasteiger partial charge >= 0.3 is 0 Å². The zero-order chi connectivity index (χ0) is 17.3. The van der Waals surface area contributed by atoms with Gasteiger partial charge in [-0.25, -0.2) is 17.2 Å². The van der Waals surface area contributed by atoms with Crippen LogP contribution in [-0.4, -0.2) is 37.3 Å². The number of amides is 1. The van der Waals surface area contributed by atoms with Crippen molar-refractivity contribution >= 4 is 15.7 Å². The molecule has 2 fully saturated rings. The van der Waals surface area contributed by atoms with E-state index in [0.717, 1.165) is 18.9 Å². The Labute approximate surface area is 140 Å². The van der Waals surface area contributed by atoms with Gasteiger partial charge < -0.3 is 4.90 Å². The van der Waals surface area contributed by atoms with Crippen LogP contribution in [-0.2, 0) is 14.6 Å². The molecule has 132 valence electrons. The number of benzene rings is 1. The number of nitrogens with zero attached hydrogens (tertiary/aromatic N) is 1. The third kappa shape index (κ3) is 3.61. The second kappa shape index (κ2) is 6.78. The average Bonchev–Trinajstić information content (AvgIpc) is 2.54. The highest BCUT2D eigenvalue weighted by molar-refractivity contribution is 7.91. The van der Waals surface area contributed by atoms with E-state index in [1.165, 1.54) is 12.1 Å². The molecule has 7 heteroatoms. The van der Waals surface area contributed by atoms with E-state index in [1.807, 2.05) is 0 Å². The van der Waals surface area contributed by atoms with Gasteiger partial charge in [0.25, 0.3) is 0 Å². The summed E-state index contributed by atoms with van der Waals surface area (Å²) in [7, 11) is -3.03. The van der Waals surface area contributed by atoms with E-state index in [-0.39, 0.29) is 23.3 Å². The first kappa shape index (κ1) is 17.3. The maximum atomic E-state index is 14.2. The summed E-state index contributed by atoms with van der Waals surface area (Å²) in [5.74, 6) is -1.62. The Balaban J connectivity index is 1.80. The van der Waals surface area contributed by atoms with Crippen LogP contribution in [0, 0.1) is 17.6 Å². The highest BCUT2D eigenvalue weighted by atomic mass is 32.2. The van der Waals surface area contributed by atoms with Crippen molar-refractivity contribution in [1.29, 1.82) is 0 Å². The van der Waals surface area contributed by atoms with Gasteiger partial charge in [0.05, 0.1) is 17.5 Å². The number of carbonyl (C=O) groups is 1. The third-order valence-electron chi connectivity index (χ3n) is 5.01. The normalized spacial score (nSPS) is 24.8. The van der Waals surface area contributed by atoms with Crippen LogP contribution in [0.3, 0.4) is 0 Å². The number of hydrogen-bond donors (Lipinski definition) is 0. The fourth-order valence-corrected chi connectivity index (χ4v) is 5.15. The lowest BCUT2D eigenvalue weighted by Crippen LogP contribution is -2.44. The Morgan fingerprint density at radius 2 is 1.79 bits per heavy atom. The maximum absolute atomic E-state index is 14.2. The number of likely N-dealkylation sites (tertiary alicyclic amines) is 1. The van der Waals surface area contributed by atoms with Gasteiger partial charge in [-0.2, -0.15) is 0 Å². The average molecular weight is 357 g/mol. The van der Waals surface area contributed by atoms with E-state index in [9.17, 15) is 22.0 Å². The zero-order valence-corrected chi connectivity index (χ0v) is 14.2. The summed E-state index contributed by atoms with van der Waals surface area (Å²) in [5.41, 5.74) is 0.341. The van der Waals surface area contributed by atoms with E-state index in [4.69, 9.17) is 0 Å². The molecule has 0 bridgehead atoms. The lowest BCUT2D eigenvalue weighted by Gasteiger charge is -2.39. The summed E-state index contributed by atoms with van der Waals surface area (Å²) in [5, 5.41) is 0. The molecule has 3 rings (SSSR count). The molecule has 0 aromatic heterocycles. The molecule has 1 amide bonds. The summed E-state index contributed by atoms with van der Waals surface area (Å²) in [6.07, 6.45) is 3.02. The molecular formula is C17H21F2NO3S. The maximum Gasteiger partial charge on any atom is 0.226 e. The van der Waals surface area contributed by atoms with Crippen molar-refractivity contribution in [2.45, 2.75) is 38.1 Å². The second-order valence-electron chi connectivity index (χ2n) is 6.64. The fraction of sp³-hybridized carbons (Fsp3) is 0.588. The molecule has 1 unspecified atom stereocenters. The van der Waals surface area contributed by atoms with Crippen molar-refractivity contribution in [1.82, 2.24) is 4.90 Å². The minimum atomic E-state index is -3.03. The summed E-state index contributed by atoms with van der Waals surface area (Å²) >= 11 is 0. The highest BCUT2D eigenvalue weighted by Gasteiger charge is 2.36. The van der Waals surface area contributed by atoms with Gasteiger partial charge in [-0.1, -0.05) is 6.07 Å². The molecule has 2 aliphatic heterocycles. The molecular weight excluding hydrogens is 336 g/mol. The lowest BCUT2D eigenvalue weighted by atomic mass is 9.92. The van der Waals surface area contributed by atoms with Gasteiger partial charge in [-0.05, 0) is 38.2 Å². The molecule has 24 heavy (non-hydrogen) atoms. The monoisotopic (exact) mass is 357 g/mol. The zero-order valence-electron chi connectivity index (χ0n) is 13.4. The fourth-order valence-electron chi connectivity index (χ4n) is 3.66. The van der Waals surface area contributed by atoms with Crippen LogP contribution in [0.25, 0.3) is 0 Å². The molecule has 2 aliphatic rings. The largest absolute Gasteiger partial charge is 0.335 e. The summed E-state index contributed by atoms with van der Waals surface area (Å²) in [6, 6.07) is 3.07. The van der Waals surface area contributed by atoms with E-state index in [2.05, 4.69) is 0 Å². The van der Waals surface area contributed by atoms with Gasteiger partial charge in [-0.3, -0.25) is 4.79 Å². The van der Waals surface area contributed by atoms with Crippen molar-refractivity contribution in [3.63, 3.8) is 0 Å². The Hall–Kier alpha value is -1.50. The SMILES string of the molecule is O=C(C1CCS(=O)(=O)CC1)N1CCCCC1c1ccc(F)cc1F. The van der Waals surface area contributed by atoms with Gasteiger partial charge in [0.15, 0.2) is 0 Å². The molecule has 0 spiro atoms. The van der Waals surface area contributed by atoms with Gasteiger partial charge in [0, 0.05) is 24.1 Å². The minimum absolute atomic E-state index is 0.0345. The molecule has 4 nitrogen and oxygen atoms in total. The number of halogens is 2. The molecule has 2 heterocycles. The van der Waals surface area contributed by atoms with E-state index < -0.39 is 27.5 Å². The van der Waals surface area contributed by atoms with Crippen LogP contribution in [0.15, 0.2) is 18.2 Å². The molecule has 0 saturated carbocycles. The summed E-state index contributed by atoms with van der Waals surface area (Å²) < 4.78 is 50.4. The van der Waals surface area contributed by atoms with E-state index in [1.54, 1.807) is 4.90 Å². The van der Waals surface area contributed by atoms with E-state index >= 15 is 0 Å². The molecule has 1 aromatic rings. The molecule has 0 N–H and O–H groups in total. The van der Waals surface area contributed by atoms with Crippen LogP contribution in [0.5, 0.6) is 0 Å². The lowest BCUT2D eigenvalue weighted by molar-refractivity contribution is -0.139. The topological polar surface area (TPSA) is 54.5 Å². The molecule has 1 atom stereocenters. The van der Waals surface area contributed by atoms with Crippen LogP contribution in [0.2, 0.25) is 0 Å². The molecule has 2 saturated heterocycles. The number of sulfone groups is 1. The van der Waals surface area contributed by atoms with Crippen molar-refractivity contribution in [2.75, 3.05) is 18.1 Å². The number of piperidine rings is 1. The van der Waals surface area contributed by atoms with Gasteiger partial charge in [0.1, 0.15) is 21.5 Å². The standard InChI is InChI=1S/C17H21F2NO3S/c18-13-4-5-14(15(19)11-13)16-3-1-2-8-20(16)17(21)12-6-9-24(22,23)10-7-12/h4-5,11-12,16H,1-3,6-10H2. The predicted octanol–water partition coefficient (Wildman–Crippen LogP) is 2.84. The van der Waals surface area contributed by atoms with Crippen molar-refractivity contribution < 1.29 is 22.0 Å². The van der Waals surface area contributed by atoms with Crippen molar-refractivity contribution in [3.8, 4) is 0 Å². The Bertz CT molecular complexity index is 721. The highest BCUT2D eigenvalue weighted by Crippen LogP contribution is 2.35. The minimum Gasteiger partial charge on any atom is -0.335 e. The third-order valence-corrected chi connectivity index (χ3v) is 6.73. The number of rotatable bonds is 2. The summed E-state index contributed by atoms with van der Waals surface area (Å²) in [6.45, 7) is 0.531. The van der Waals surface area contributed by atoms with Gasteiger partial charge in [0.2, 0.25) is 5.91 Å². The molecule has 0 radical (unpaired) electrons. The second-order valence-corrected chi connectivity index (χ2v) is 8.94. The smallest absolute Gasteiger partial charge is 0.226 e. The first-order valence-corrected chi connectivity index (χ1v) is 10.2. The van der Waals surface area contributed by atoms with Crippen molar-refractivity contribution in [3.05, 3.63) is 35.4 Å². The number of hydrogen-bond acceptors (Lipinski definition) is 3. The van der Waals surface area contributed by atoms with Crippen LogP contribution in [0.4, 0.5) is 8.78 Å². The predicted molar refractivity (Wildman–Crippen MR) is 86.0 cm³/mol. The molecule has 1 aromatic carbocycles. The first-order chi connectivity index (χ1) is 11.4. The number of carbonyl (C=O) groups excluding carboxylic acids is 1. The van der Waals surface area contributed by atoms with Crippen molar-refractivity contribution in [2.24, 2.45) is 5.92 Å². The quantitative estimate of drug-likeness (QED) is 0.818. The molecule has 0 aliphatic carbocycles. The van der Waals surface area contributed by atoms with Gasteiger partial charge in [-0.15, -0.1) is 0 Å². The van der Waals surface area contributed by atoms with E-state index in [0.29, 0.717) is 31.4 Å². The van der Waals surface area contributed by atoms with Crippen LogP contribution in [0.1, 0.15) is 43.7 Å². The Morgan fingerprint density at radius 1 is 1.08 bits per heavy atom. The Kier molecular flexibility index (Phi) is 4.90. The Morgan fingerprint density at radius 3 is 2.46 bits per heavy atom. The first-order valence-electron chi connectivity index (χ1n) is 8.33. The summed E-state index contributed by atoms with van der Waals surface area (Å²) in [4.78, 5) is 14.5. The van der Waals surface area contributed by atoms with Crippen LogP contribution < -0.4 is 0 Å².